The molecule has 126 valence electrons. The minimum atomic E-state index is -0.269. The molecule has 4 nitrogen and oxygen atoms in total. The zero-order valence-electron chi connectivity index (χ0n) is 13.3. The lowest BCUT2D eigenvalue weighted by Gasteiger charge is -2.15. The number of carbonyl (C=O) groups is 2. The summed E-state index contributed by atoms with van der Waals surface area (Å²) in [6.07, 6.45) is 0. The van der Waals surface area contributed by atoms with Gasteiger partial charge in [-0.3, -0.25) is 9.59 Å². The molecule has 2 rings (SSSR count). The van der Waals surface area contributed by atoms with Gasteiger partial charge in [0.15, 0.2) is 12.4 Å². The van der Waals surface area contributed by atoms with Gasteiger partial charge in [-0.05, 0) is 49.7 Å². The summed E-state index contributed by atoms with van der Waals surface area (Å²) in [6, 6.07) is 12.3. The van der Waals surface area contributed by atoms with E-state index in [1.54, 1.807) is 12.1 Å². The van der Waals surface area contributed by atoms with Crippen molar-refractivity contribution in [3.8, 4) is 5.75 Å². The number of hydrogen-bond acceptors (Lipinski definition) is 3. The zero-order valence-corrected chi connectivity index (χ0v) is 15.6. The Labute approximate surface area is 154 Å². The van der Waals surface area contributed by atoms with Crippen LogP contribution in [-0.2, 0) is 4.79 Å². The van der Waals surface area contributed by atoms with Gasteiger partial charge in [0.25, 0.3) is 5.91 Å². The van der Waals surface area contributed by atoms with Crippen LogP contribution in [0.5, 0.6) is 5.75 Å². The molecule has 0 aliphatic rings. The highest BCUT2D eigenvalue weighted by molar-refractivity contribution is 9.10. The summed E-state index contributed by atoms with van der Waals surface area (Å²) < 4.78 is 6.45. The predicted molar refractivity (Wildman–Crippen MR) is 97.7 cm³/mol. The molecule has 1 N–H and O–H groups in total. The van der Waals surface area contributed by atoms with E-state index in [1.165, 1.54) is 13.0 Å². The van der Waals surface area contributed by atoms with E-state index in [2.05, 4.69) is 21.2 Å². The number of hydrogen-bond donors (Lipinski definition) is 1. The lowest BCUT2D eigenvalue weighted by molar-refractivity contribution is -0.123. The van der Waals surface area contributed by atoms with Crippen LogP contribution in [0, 0.1) is 0 Å². The van der Waals surface area contributed by atoms with Crippen LogP contribution in [0.15, 0.2) is 46.9 Å². The van der Waals surface area contributed by atoms with E-state index in [0.717, 1.165) is 10.0 Å². The molecule has 1 amide bonds. The lowest BCUT2D eigenvalue weighted by atomic mass is 10.1. The fourth-order valence-corrected chi connectivity index (χ4v) is 2.60. The summed E-state index contributed by atoms with van der Waals surface area (Å²) in [5.74, 6) is -0.0932. The molecule has 0 radical (unpaired) electrons. The molecule has 0 aliphatic carbocycles. The molecular weight excluding hydrogens is 394 g/mol. The maximum absolute atomic E-state index is 12.1. The van der Waals surface area contributed by atoms with Crippen LogP contribution in [-0.4, -0.2) is 18.3 Å². The second-order valence-corrected chi connectivity index (χ2v) is 6.68. The monoisotopic (exact) mass is 409 g/mol. The van der Waals surface area contributed by atoms with Crippen LogP contribution in [0.4, 0.5) is 0 Å². The molecule has 6 heteroatoms. The van der Waals surface area contributed by atoms with Crippen molar-refractivity contribution in [3.63, 3.8) is 0 Å². The third kappa shape index (κ3) is 5.08. The summed E-state index contributed by atoms with van der Waals surface area (Å²) in [5, 5.41) is 3.30. The Hall–Kier alpha value is -1.85. The van der Waals surface area contributed by atoms with Crippen molar-refractivity contribution in [2.45, 2.75) is 19.9 Å². The Kier molecular flexibility index (Phi) is 6.40. The van der Waals surface area contributed by atoms with Crippen molar-refractivity contribution in [3.05, 3.63) is 63.1 Å². The van der Waals surface area contributed by atoms with Crippen LogP contribution in [0.2, 0.25) is 5.02 Å². The van der Waals surface area contributed by atoms with E-state index < -0.39 is 0 Å². The minimum Gasteiger partial charge on any atom is -0.483 e. The topological polar surface area (TPSA) is 55.4 Å². The van der Waals surface area contributed by atoms with Crippen LogP contribution < -0.4 is 10.1 Å². The molecule has 2 aromatic carbocycles. The summed E-state index contributed by atoms with van der Waals surface area (Å²) in [5.41, 5.74) is 1.35. The number of ether oxygens (including phenoxy) is 1. The summed E-state index contributed by atoms with van der Waals surface area (Å²) in [4.78, 5) is 23.7. The Balaban J connectivity index is 1.96. The van der Waals surface area contributed by atoms with Gasteiger partial charge < -0.3 is 10.1 Å². The van der Waals surface area contributed by atoms with Crippen molar-refractivity contribution in [1.29, 1.82) is 0 Å². The highest BCUT2D eigenvalue weighted by atomic mass is 79.9. The number of nitrogens with one attached hydrogen (secondary N) is 1. The molecule has 0 spiro atoms. The van der Waals surface area contributed by atoms with Gasteiger partial charge in [-0.2, -0.15) is 0 Å². The third-order valence-electron chi connectivity index (χ3n) is 3.43. The first kappa shape index (κ1) is 18.5. The van der Waals surface area contributed by atoms with Gasteiger partial charge in [0, 0.05) is 9.50 Å². The normalized spacial score (nSPS) is 11.7. The molecule has 24 heavy (non-hydrogen) atoms. The lowest BCUT2D eigenvalue weighted by Crippen LogP contribution is -2.31. The van der Waals surface area contributed by atoms with Gasteiger partial charge in [-0.15, -0.1) is 0 Å². The van der Waals surface area contributed by atoms with Crippen molar-refractivity contribution in [2.24, 2.45) is 0 Å². The van der Waals surface area contributed by atoms with Gasteiger partial charge in [-0.1, -0.05) is 39.7 Å². The molecule has 0 aliphatic heterocycles. The number of benzene rings is 2. The number of halogens is 2. The van der Waals surface area contributed by atoms with Gasteiger partial charge in [0.2, 0.25) is 0 Å². The average Bonchev–Trinajstić information content (AvgIpc) is 2.54. The van der Waals surface area contributed by atoms with Gasteiger partial charge in [-0.25, -0.2) is 0 Å². The number of ketones is 1. The third-order valence-corrected chi connectivity index (χ3v) is 4.19. The highest BCUT2D eigenvalue weighted by Gasteiger charge is 2.13. The predicted octanol–water partition coefficient (Wildman–Crippen LogP) is 4.56. The number of rotatable bonds is 6. The minimum absolute atomic E-state index is 0.147. The highest BCUT2D eigenvalue weighted by Crippen LogP contribution is 2.23. The van der Waals surface area contributed by atoms with E-state index in [4.69, 9.17) is 16.3 Å². The summed E-state index contributed by atoms with van der Waals surface area (Å²) in [7, 11) is 0. The maximum Gasteiger partial charge on any atom is 0.258 e. The Bertz CT molecular complexity index is 746. The molecule has 0 heterocycles. The SMILES string of the molecule is CC(=O)c1cc(Cl)ccc1OCC(=O)N[C@H](C)c1ccc(Br)cc1. The molecule has 0 fully saturated rings. The van der Waals surface area contributed by atoms with E-state index in [1.807, 2.05) is 31.2 Å². The number of carbonyl (C=O) groups excluding carboxylic acids is 2. The van der Waals surface area contributed by atoms with Crippen molar-refractivity contribution in [2.75, 3.05) is 6.61 Å². The van der Waals surface area contributed by atoms with Gasteiger partial charge >= 0.3 is 0 Å². The van der Waals surface area contributed by atoms with Crippen LogP contribution in [0.1, 0.15) is 35.8 Å². The first-order valence-electron chi connectivity index (χ1n) is 7.35. The molecule has 2 aromatic rings. The van der Waals surface area contributed by atoms with Crippen molar-refractivity contribution < 1.29 is 14.3 Å². The average molecular weight is 411 g/mol. The first-order valence-corrected chi connectivity index (χ1v) is 8.52. The largest absolute Gasteiger partial charge is 0.483 e. The first-order chi connectivity index (χ1) is 11.4. The fraction of sp³-hybridized carbons (Fsp3) is 0.222. The Morgan fingerprint density at radius 1 is 1.21 bits per heavy atom. The fourth-order valence-electron chi connectivity index (χ4n) is 2.16. The molecule has 0 bridgehead atoms. The number of Topliss-reactive ketones (excluding diaryl/α,β-unsaturated/α-hetero) is 1. The molecule has 1 atom stereocenters. The molecule has 0 saturated carbocycles. The molecule has 0 saturated heterocycles. The smallest absolute Gasteiger partial charge is 0.258 e. The van der Waals surface area contributed by atoms with Crippen molar-refractivity contribution >= 4 is 39.2 Å². The Morgan fingerprint density at radius 3 is 2.50 bits per heavy atom. The van der Waals surface area contributed by atoms with Gasteiger partial charge in [0.05, 0.1) is 11.6 Å². The van der Waals surface area contributed by atoms with Gasteiger partial charge in [0.1, 0.15) is 5.75 Å². The molecule has 0 unspecified atom stereocenters. The van der Waals surface area contributed by atoms with E-state index >= 15 is 0 Å². The van der Waals surface area contributed by atoms with E-state index in [-0.39, 0.29) is 24.3 Å². The second-order valence-electron chi connectivity index (χ2n) is 5.33. The van der Waals surface area contributed by atoms with Crippen molar-refractivity contribution in [1.82, 2.24) is 5.32 Å². The van der Waals surface area contributed by atoms with E-state index in [0.29, 0.717) is 16.3 Å². The van der Waals surface area contributed by atoms with Crippen LogP contribution >= 0.6 is 27.5 Å². The zero-order chi connectivity index (χ0) is 17.7. The molecule has 0 aromatic heterocycles. The van der Waals surface area contributed by atoms with Crippen LogP contribution in [0.3, 0.4) is 0 Å². The standard InChI is InChI=1S/C18H17BrClNO3/c1-11(13-3-5-14(19)6-4-13)21-18(23)10-24-17-8-7-15(20)9-16(17)12(2)22/h3-9,11H,10H2,1-2H3,(H,21,23)/t11-/m1/s1. The van der Waals surface area contributed by atoms with Crippen LogP contribution in [0.25, 0.3) is 0 Å². The number of amides is 1. The second kappa shape index (κ2) is 8.31. The Morgan fingerprint density at radius 2 is 1.88 bits per heavy atom. The summed E-state index contributed by atoms with van der Waals surface area (Å²) >= 11 is 9.26. The van der Waals surface area contributed by atoms with E-state index in [9.17, 15) is 9.59 Å². The maximum atomic E-state index is 12.1. The molecular formula is C18H17BrClNO3. The summed E-state index contributed by atoms with van der Waals surface area (Å²) in [6.45, 7) is 3.14. The quantitative estimate of drug-likeness (QED) is 0.710.